The van der Waals surface area contributed by atoms with Crippen molar-refractivity contribution in [3.8, 4) is 0 Å². The number of rotatable bonds is 2. The van der Waals surface area contributed by atoms with Crippen LogP contribution in [0.3, 0.4) is 0 Å². The molecule has 1 aromatic carbocycles. The Labute approximate surface area is 62.3 Å². The molecule has 0 spiro atoms. The van der Waals surface area contributed by atoms with E-state index in [1.165, 1.54) is 0 Å². The molecule has 0 aliphatic rings. The Bertz CT molecular complexity index is 162. The SMILES string of the molecule is [F][Zn][CH2]c1ccccc1. The van der Waals surface area contributed by atoms with Crippen LogP contribution >= 0.6 is 0 Å². The zero-order valence-corrected chi connectivity index (χ0v) is 8.15. The van der Waals surface area contributed by atoms with Gasteiger partial charge in [0.05, 0.1) is 0 Å². The Kier molecular flexibility index (Phi) is 2.86. The molecular formula is C7H7FZn. The van der Waals surface area contributed by atoms with Crippen LogP contribution < -0.4 is 0 Å². The van der Waals surface area contributed by atoms with Gasteiger partial charge in [-0.2, -0.15) is 0 Å². The van der Waals surface area contributed by atoms with Gasteiger partial charge in [-0.15, -0.1) is 0 Å². The molecule has 0 fully saturated rings. The molecule has 0 aromatic heterocycles. The summed E-state index contributed by atoms with van der Waals surface area (Å²) in [5.74, 6) is 0. The monoisotopic (exact) mass is 174 g/mol. The fraction of sp³-hybridized carbons (Fsp3) is 0.143. The van der Waals surface area contributed by atoms with Crippen molar-refractivity contribution in [2.24, 2.45) is 0 Å². The summed E-state index contributed by atoms with van der Waals surface area (Å²) in [5.41, 5.74) is 1.15. The molecule has 1 rings (SSSR count). The molecule has 0 aliphatic carbocycles. The molecular weight excluding hydrogens is 168 g/mol. The maximum atomic E-state index is 11.9. The van der Waals surface area contributed by atoms with Crippen LogP contribution in [0.15, 0.2) is 30.3 Å². The van der Waals surface area contributed by atoms with E-state index in [-0.39, 0.29) is 0 Å². The van der Waals surface area contributed by atoms with Gasteiger partial charge in [-0.05, 0) is 0 Å². The van der Waals surface area contributed by atoms with Gasteiger partial charge in [-0.25, -0.2) is 0 Å². The molecule has 0 amide bonds. The average Bonchev–Trinajstić information content (AvgIpc) is 1.91. The Morgan fingerprint density at radius 3 is 2.44 bits per heavy atom. The topological polar surface area (TPSA) is 0 Å². The molecule has 0 aliphatic heterocycles. The summed E-state index contributed by atoms with van der Waals surface area (Å²) in [6, 6.07) is 9.81. The van der Waals surface area contributed by atoms with Crippen LogP contribution in [0.4, 0.5) is 3.32 Å². The van der Waals surface area contributed by atoms with Gasteiger partial charge in [0, 0.05) is 0 Å². The van der Waals surface area contributed by atoms with Gasteiger partial charge in [0.2, 0.25) is 0 Å². The van der Waals surface area contributed by atoms with Crippen LogP contribution in [0, 0.1) is 0 Å². The predicted molar refractivity (Wildman–Crippen MR) is 31.3 cm³/mol. The summed E-state index contributed by atoms with van der Waals surface area (Å²) in [6.07, 6.45) is 0. The van der Waals surface area contributed by atoms with Crippen molar-refractivity contribution in [3.05, 3.63) is 35.9 Å². The van der Waals surface area contributed by atoms with Crippen LogP contribution in [0.25, 0.3) is 0 Å². The van der Waals surface area contributed by atoms with Crippen molar-refractivity contribution < 1.29 is 20.9 Å². The van der Waals surface area contributed by atoms with Crippen molar-refractivity contribution in [1.29, 1.82) is 0 Å². The fourth-order valence-electron chi connectivity index (χ4n) is 0.754. The first kappa shape index (κ1) is 6.89. The molecule has 0 saturated carbocycles. The van der Waals surface area contributed by atoms with E-state index in [1.54, 1.807) is 0 Å². The summed E-state index contributed by atoms with van der Waals surface area (Å²) in [6.45, 7) is 0. The van der Waals surface area contributed by atoms with Crippen molar-refractivity contribution >= 4 is 0 Å². The van der Waals surface area contributed by atoms with Gasteiger partial charge in [-0.3, -0.25) is 0 Å². The van der Waals surface area contributed by atoms with Crippen molar-refractivity contribution in [3.63, 3.8) is 0 Å². The summed E-state index contributed by atoms with van der Waals surface area (Å²) in [4.78, 5) is 0. The van der Waals surface area contributed by atoms with E-state index in [4.69, 9.17) is 0 Å². The second-order valence-electron chi connectivity index (χ2n) is 1.92. The third kappa shape index (κ3) is 2.23. The second-order valence-corrected chi connectivity index (χ2v) is 3.77. The Morgan fingerprint density at radius 1 is 1.22 bits per heavy atom. The van der Waals surface area contributed by atoms with Crippen LogP contribution in [0.5, 0.6) is 0 Å². The van der Waals surface area contributed by atoms with E-state index in [9.17, 15) is 3.32 Å². The number of halogens is 1. The molecule has 0 saturated heterocycles. The van der Waals surface area contributed by atoms with Gasteiger partial charge in [-0.1, -0.05) is 0 Å². The van der Waals surface area contributed by atoms with Gasteiger partial charge in [0.15, 0.2) is 0 Å². The molecule has 0 N–H and O–H groups in total. The molecule has 0 heterocycles. The molecule has 44 valence electrons. The van der Waals surface area contributed by atoms with Crippen LogP contribution in [0.2, 0.25) is 0 Å². The summed E-state index contributed by atoms with van der Waals surface area (Å²) in [7, 11) is 0. The Morgan fingerprint density at radius 2 is 1.89 bits per heavy atom. The van der Waals surface area contributed by atoms with Gasteiger partial charge >= 0.3 is 61.9 Å². The zero-order valence-electron chi connectivity index (χ0n) is 5.18. The van der Waals surface area contributed by atoms with E-state index < -0.39 is 17.6 Å². The maximum absolute atomic E-state index is 11.9. The first-order valence-corrected chi connectivity index (χ1v) is 6.25. The molecule has 0 nitrogen and oxygen atoms in total. The molecule has 0 atom stereocenters. The number of hydrogen-bond donors (Lipinski definition) is 0. The third-order valence-electron chi connectivity index (χ3n) is 1.23. The van der Waals surface area contributed by atoms with Gasteiger partial charge < -0.3 is 0 Å². The minimum absolute atomic E-state index is 0.730. The van der Waals surface area contributed by atoms with Crippen LogP contribution in [-0.2, 0) is 22.6 Å². The molecule has 2 heteroatoms. The molecule has 1 aromatic rings. The average molecular weight is 176 g/mol. The van der Waals surface area contributed by atoms with Gasteiger partial charge in [0.1, 0.15) is 0 Å². The molecule has 0 radical (unpaired) electrons. The summed E-state index contributed by atoms with van der Waals surface area (Å²) in [5, 5.41) is 0.730. The molecule has 9 heavy (non-hydrogen) atoms. The Balaban J connectivity index is 2.61. The van der Waals surface area contributed by atoms with E-state index in [0.29, 0.717) is 0 Å². The number of benzene rings is 1. The Hall–Kier alpha value is -0.227. The fourth-order valence-corrected chi connectivity index (χ4v) is 1.91. The summed E-state index contributed by atoms with van der Waals surface area (Å²) < 4.78 is 11.9. The van der Waals surface area contributed by atoms with Gasteiger partial charge in [0.25, 0.3) is 0 Å². The normalized spacial score (nSPS) is 8.56. The molecule has 0 bridgehead atoms. The van der Waals surface area contributed by atoms with E-state index in [1.807, 2.05) is 30.3 Å². The van der Waals surface area contributed by atoms with Crippen molar-refractivity contribution in [1.82, 2.24) is 0 Å². The van der Waals surface area contributed by atoms with Crippen LogP contribution in [0.1, 0.15) is 5.56 Å². The summed E-state index contributed by atoms with van der Waals surface area (Å²) >= 11 is -1.64. The number of hydrogen-bond acceptors (Lipinski definition) is 0. The minimum atomic E-state index is -1.64. The zero-order chi connectivity index (χ0) is 6.53. The van der Waals surface area contributed by atoms with E-state index >= 15 is 0 Å². The standard InChI is InChI=1S/C7H7.FH.Zn/c1-7-5-3-2-4-6-7;;/h2-6H,1H2;1H;/q;;+1/p-1. The second kappa shape index (κ2) is 3.73. The van der Waals surface area contributed by atoms with Crippen LogP contribution in [-0.4, -0.2) is 0 Å². The van der Waals surface area contributed by atoms with E-state index in [2.05, 4.69) is 0 Å². The van der Waals surface area contributed by atoms with Crippen molar-refractivity contribution in [2.75, 3.05) is 0 Å². The first-order valence-electron chi connectivity index (χ1n) is 3.03. The molecule has 0 unspecified atom stereocenters. The third-order valence-corrected chi connectivity index (χ3v) is 2.83. The quantitative estimate of drug-likeness (QED) is 0.605. The predicted octanol–water partition coefficient (Wildman–Crippen LogP) is 2.15. The van der Waals surface area contributed by atoms with E-state index in [0.717, 1.165) is 10.6 Å². The van der Waals surface area contributed by atoms with Crippen molar-refractivity contribution in [2.45, 2.75) is 5.02 Å². The first-order chi connectivity index (χ1) is 4.43.